The Kier molecular flexibility index (Phi) is 6.56. The van der Waals surface area contributed by atoms with Gasteiger partial charge in [0.1, 0.15) is 9.96 Å². The van der Waals surface area contributed by atoms with Gasteiger partial charge < -0.3 is 9.64 Å². The van der Waals surface area contributed by atoms with Gasteiger partial charge in [0.05, 0.1) is 4.47 Å². The number of ether oxygens (including phenoxy) is 1. The molecule has 0 unspecified atom stereocenters. The van der Waals surface area contributed by atoms with Crippen LogP contribution in [0.25, 0.3) is 0 Å². The Balaban J connectivity index is 1.48. The van der Waals surface area contributed by atoms with Gasteiger partial charge in [0, 0.05) is 19.1 Å². The smallest absolute Gasteiger partial charge is 0.260 e. The maximum Gasteiger partial charge on any atom is 0.260 e. The van der Waals surface area contributed by atoms with E-state index in [0.29, 0.717) is 35.9 Å². The molecule has 1 aliphatic heterocycles. The Morgan fingerprint density at radius 2 is 2.07 bits per heavy atom. The van der Waals surface area contributed by atoms with E-state index in [2.05, 4.69) is 20.7 Å². The molecular formula is C18H21BrN2O4S2. The first kappa shape index (κ1) is 20.3. The lowest BCUT2D eigenvalue weighted by atomic mass is 10.1. The number of carbonyl (C=O) groups is 1. The fourth-order valence-electron chi connectivity index (χ4n) is 2.89. The lowest BCUT2D eigenvalue weighted by Crippen LogP contribution is -2.47. The number of rotatable bonds is 6. The highest BCUT2D eigenvalue weighted by atomic mass is 79.9. The Hall–Kier alpha value is -1.42. The monoisotopic (exact) mass is 472 g/mol. The number of hydrogen-bond donors (Lipinski definition) is 1. The summed E-state index contributed by atoms with van der Waals surface area (Å²) in [5.41, 5.74) is 1.10. The number of thiophene rings is 1. The molecule has 1 amide bonds. The molecule has 3 rings (SSSR count). The van der Waals surface area contributed by atoms with Crippen LogP contribution in [0.5, 0.6) is 5.75 Å². The Morgan fingerprint density at radius 3 is 2.70 bits per heavy atom. The standard InChI is InChI=1S/C18H21BrN2O4S2/c1-13-4-5-16(15(19)11-13)25-12-17(22)21-8-6-14(7-9-21)20-27(23,24)18-3-2-10-26-18/h2-5,10-11,14,20H,6-9,12H2,1H3. The zero-order chi connectivity index (χ0) is 19.4. The predicted molar refractivity (Wildman–Crippen MR) is 109 cm³/mol. The maximum atomic E-state index is 12.4. The van der Waals surface area contributed by atoms with Crippen LogP contribution in [-0.2, 0) is 14.8 Å². The molecule has 2 heterocycles. The van der Waals surface area contributed by atoms with Crippen LogP contribution in [0.15, 0.2) is 44.4 Å². The number of nitrogens with zero attached hydrogens (tertiary/aromatic N) is 1. The Morgan fingerprint density at radius 1 is 1.33 bits per heavy atom. The van der Waals surface area contributed by atoms with Gasteiger partial charge in [0.2, 0.25) is 10.0 Å². The minimum absolute atomic E-state index is 0.0345. The number of sulfonamides is 1. The van der Waals surface area contributed by atoms with Crippen LogP contribution in [0.3, 0.4) is 0 Å². The number of carbonyl (C=O) groups excluding carboxylic acids is 1. The lowest BCUT2D eigenvalue weighted by Gasteiger charge is -2.32. The number of halogens is 1. The summed E-state index contributed by atoms with van der Waals surface area (Å²) in [4.78, 5) is 14.1. The fourth-order valence-corrected chi connectivity index (χ4v) is 5.82. The van der Waals surface area contributed by atoms with Gasteiger partial charge in [-0.05, 0) is 64.8 Å². The number of likely N-dealkylation sites (tertiary alicyclic amines) is 1. The summed E-state index contributed by atoms with van der Waals surface area (Å²) in [5.74, 6) is 0.537. The summed E-state index contributed by atoms with van der Waals surface area (Å²) >= 11 is 4.63. The topological polar surface area (TPSA) is 75.7 Å². The number of piperidine rings is 1. The van der Waals surface area contributed by atoms with Crippen molar-refractivity contribution < 1.29 is 17.9 Å². The normalized spacial score (nSPS) is 15.7. The molecule has 0 saturated carbocycles. The Labute approximate surface area is 171 Å². The number of benzene rings is 1. The fraction of sp³-hybridized carbons (Fsp3) is 0.389. The van der Waals surface area contributed by atoms with E-state index in [1.165, 1.54) is 11.3 Å². The van der Waals surface area contributed by atoms with Crippen LogP contribution in [0.2, 0.25) is 0 Å². The second kappa shape index (κ2) is 8.72. The van der Waals surface area contributed by atoms with Crippen molar-refractivity contribution in [3.63, 3.8) is 0 Å². The minimum Gasteiger partial charge on any atom is -0.483 e. The van der Waals surface area contributed by atoms with Crippen LogP contribution in [0, 0.1) is 6.92 Å². The van der Waals surface area contributed by atoms with E-state index < -0.39 is 10.0 Å². The van der Waals surface area contributed by atoms with Crippen LogP contribution in [0.1, 0.15) is 18.4 Å². The van der Waals surface area contributed by atoms with Crippen LogP contribution in [-0.4, -0.2) is 45.0 Å². The van der Waals surface area contributed by atoms with Crippen molar-refractivity contribution in [1.82, 2.24) is 9.62 Å². The Bertz CT molecular complexity index is 892. The average Bonchev–Trinajstić information content (AvgIpc) is 3.17. The first-order valence-corrected chi connectivity index (χ1v) is 11.7. The summed E-state index contributed by atoms with van der Waals surface area (Å²) in [7, 11) is -3.47. The third kappa shape index (κ3) is 5.31. The first-order chi connectivity index (χ1) is 12.8. The predicted octanol–water partition coefficient (Wildman–Crippen LogP) is 3.17. The maximum absolute atomic E-state index is 12.4. The molecule has 1 fully saturated rings. The van der Waals surface area contributed by atoms with Crippen molar-refractivity contribution >= 4 is 43.2 Å². The van der Waals surface area contributed by atoms with E-state index >= 15 is 0 Å². The molecule has 1 aliphatic rings. The van der Waals surface area contributed by atoms with Gasteiger partial charge in [0.15, 0.2) is 6.61 Å². The van der Waals surface area contributed by atoms with Gasteiger partial charge in [-0.25, -0.2) is 13.1 Å². The highest BCUT2D eigenvalue weighted by Gasteiger charge is 2.27. The second-order valence-corrected chi connectivity index (χ2v) is 10.2. The minimum atomic E-state index is -3.47. The molecule has 9 heteroatoms. The van der Waals surface area contributed by atoms with Gasteiger partial charge in [-0.1, -0.05) is 12.1 Å². The first-order valence-electron chi connectivity index (χ1n) is 8.58. The van der Waals surface area contributed by atoms with E-state index in [4.69, 9.17) is 4.74 Å². The second-order valence-electron chi connectivity index (χ2n) is 6.43. The van der Waals surface area contributed by atoms with Gasteiger partial charge >= 0.3 is 0 Å². The van der Waals surface area contributed by atoms with Gasteiger partial charge in [-0.15, -0.1) is 11.3 Å². The molecule has 1 aromatic carbocycles. The summed E-state index contributed by atoms with van der Waals surface area (Å²) in [6.45, 7) is 2.97. The summed E-state index contributed by atoms with van der Waals surface area (Å²) in [5, 5.41) is 1.74. The quantitative estimate of drug-likeness (QED) is 0.700. The van der Waals surface area contributed by atoms with Crippen molar-refractivity contribution in [2.45, 2.75) is 30.0 Å². The molecule has 0 aliphatic carbocycles. The zero-order valence-corrected chi connectivity index (χ0v) is 18.1. The van der Waals surface area contributed by atoms with Crippen molar-refractivity contribution in [2.75, 3.05) is 19.7 Å². The number of hydrogen-bond acceptors (Lipinski definition) is 5. The molecule has 6 nitrogen and oxygen atoms in total. The van der Waals surface area contributed by atoms with Crippen molar-refractivity contribution in [3.05, 3.63) is 45.7 Å². The molecule has 0 radical (unpaired) electrons. The summed E-state index contributed by atoms with van der Waals surface area (Å²) in [6.07, 6.45) is 1.18. The number of aryl methyl sites for hydroxylation is 1. The molecule has 146 valence electrons. The molecule has 0 atom stereocenters. The van der Waals surface area contributed by atoms with Gasteiger partial charge in [-0.2, -0.15) is 0 Å². The third-order valence-electron chi connectivity index (χ3n) is 4.37. The largest absolute Gasteiger partial charge is 0.483 e. The van der Waals surface area contributed by atoms with Crippen LogP contribution in [0.4, 0.5) is 0 Å². The van der Waals surface area contributed by atoms with Crippen molar-refractivity contribution in [2.24, 2.45) is 0 Å². The zero-order valence-electron chi connectivity index (χ0n) is 14.9. The molecular weight excluding hydrogens is 452 g/mol. The number of nitrogens with one attached hydrogen (secondary N) is 1. The van der Waals surface area contributed by atoms with Crippen LogP contribution >= 0.6 is 27.3 Å². The van der Waals surface area contributed by atoms with Crippen molar-refractivity contribution in [3.8, 4) is 5.75 Å². The molecule has 1 aromatic heterocycles. The molecule has 1 saturated heterocycles. The van der Waals surface area contributed by atoms with Crippen LogP contribution < -0.4 is 9.46 Å². The molecule has 27 heavy (non-hydrogen) atoms. The van der Waals surface area contributed by atoms with Gasteiger partial charge in [-0.3, -0.25) is 4.79 Å². The van der Waals surface area contributed by atoms with E-state index in [1.807, 2.05) is 25.1 Å². The van der Waals surface area contributed by atoms with E-state index in [0.717, 1.165) is 10.0 Å². The summed E-state index contributed by atoms with van der Waals surface area (Å²) < 4.78 is 34.1. The van der Waals surface area contributed by atoms with E-state index in [1.54, 1.807) is 22.4 Å². The number of amides is 1. The van der Waals surface area contributed by atoms with E-state index in [9.17, 15) is 13.2 Å². The third-order valence-corrected chi connectivity index (χ3v) is 7.91. The molecule has 2 aromatic rings. The highest BCUT2D eigenvalue weighted by Crippen LogP contribution is 2.26. The molecule has 0 bridgehead atoms. The molecule has 1 N–H and O–H groups in total. The SMILES string of the molecule is Cc1ccc(OCC(=O)N2CCC(NS(=O)(=O)c3cccs3)CC2)c(Br)c1. The average molecular weight is 473 g/mol. The molecule has 0 spiro atoms. The van der Waals surface area contributed by atoms with Crippen molar-refractivity contribution in [1.29, 1.82) is 0 Å². The van der Waals surface area contributed by atoms with E-state index in [-0.39, 0.29) is 18.6 Å². The van der Waals surface area contributed by atoms with Gasteiger partial charge in [0.25, 0.3) is 5.91 Å². The lowest BCUT2D eigenvalue weighted by molar-refractivity contribution is -0.134. The highest BCUT2D eigenvalue weighted by molar-refractivity contribution is 9.10. The summed E-state index contributed by atoms with van der Waals surface area (Å²) in [6, 6.07) is 8.84.